The van der Waals surface area contributed by atoms with E-state index in [-0.39, 0.29) is 6.10 Å². The summed E-state index contributed by atoms with van der Waals surface area (Å²) in [6, 6.07) is 3.70. The molecule has 1 saturated heterocycles. The Balaban J connectivity index is 2.25. The molecule has 0 saturated carbocycles. The van der Waals surface area contributed by atoms with E-state index in [1.807, 2.05) is 0 Å². The van der Waals surface area contributed by atoms with Crippen LogP contribution in [0.1, 0.15) is 18.4 Å². The third-order valence-electron chi connectivity index (χ3n) is 3.00. The van der Waals surface area contributed by atoms with Gasteiger partial charge in [0.2, 0.25) is 0 Å². The molecule has 90 valence electrons. The number of piperidine rings is 1. The highest BCUT2D eigenvalue weighted by Crippen LogP contribution is 2.28. The molecule has 1 aromatic heterocycles. The summed E-state index contributed by atoms with van der Waals surface area (Å²) in [6.45, 7) is 1.68. The molecule has 0 aliphatic carbocycles. The number of halogens is 1. The summed E-state index contributed by atoms with van der Waals surface area (Å²) in [7, 11) is 1.72. The molecule has 0 N–H and O–H groups in total. The van der Waals surface area contributed by atoms with Crippen LogP contribution in [-0.2, 0) is 4.74 Å². The smallest absolute Gasteiger partial charge is 0.148 e. The third-order valence-corrected chi connectivity index (χ3v) is 3.37. The summed E-state index contributed by atoms with van der Waals surface area (Å²) < 4.78 is 5.36. The lowest BCUT2D eigenvalue weighted by Gasteiger charge is -2.33. The van der Waals surface area contributed by atoms with Crippen molar-refractivity contribution in [1.29, 1.82) is 5.26 Å². The van der Waals surface area contributed by atoms with E-state index >= 15 is 0 Å². The Kier molecular flexibility index (Phi) is 3.82. The van der Waals surface area contributed by atoms with Crippen molar-refractivity contribution in [2.24, 2.45) is 0 Å². The van der Waals surface area contributed by atoms with Gasteiger partial charge >= 0.3 is 0 Å². The van der Waals surface area contributed by atoms with Gasteiger partial charge in [-0.05, 0) is 18.9 Å². The van der Waals surface area contributed by atoms with Gasteiger partial charge in [0.05, 0.1) is 11.7 Å². The van der Waals surface area contributed by atoms with Crippen LogP contribution in [0.3, 0.4) is 0 Å². The first-order valence-electron chi connectivity index (χ1n) is 5.58. The predicted octanol–water partition coefficient (Wildman–Crippen LogP) is 2.22. The van der Waals surface area contributed by atoms with Gasteiger partial charge < -0.3 is 9.64 Å². The standard InChI is InChI=1S/C12H14ClN3O/c1-17-10-3-2-6-16(8-10)12-11(13)9(7-14)4-5-15-12/h4-5,10H,2-3,6,8H2,1H3. The second kappa shape index (κ2) is 5.35. The zero-order valence-electron chi connectivity index (χ0n) is 9.69. The van der Waals surface area contributed by atoms with Gasteiger partial charge in [-0.15, -0.1) is 0 Å². The molecule has 1 aliphatic rings. The fraction of sp³-hybridized carbons (Fsp3) is 0.500. The number of rotatable bonds is 2. The zero-order valence-corrected chi connectivity index (χ0v) is 10.4. The second-order valence-corrected chi connectivity index (χ2v) is 4.43. The molecule has 1 fully saturated rings. The SMILES string of the molecule is COC1CCCN(c2nccc(C#N)c2Cl)C1. The van der Waals surface area contributed by atoms with Gasteiger partial charge in [0.1, 0.15) is 16.9 Å². The molecule has 0 radical (unpaired) electrons. The Labute approximate surface area is 106 Å². The molecular weight excluding hydrogens is 238 g/mol. The second-order valence-electron chi connectivity index (χ2n) is 4.05. The van der Waals surface area contributed by atoms with E-state index in [4.69, 9.17) is 21.6 Å². The van der Waals surface area contributed by atoms with Crippen molar-refractivity contribution in [3.63, 3.8) is 0 Å². The van der Waals surface area contributed by atoms with Crippen LogP contribution in [0.5, 0.6) is 0 Å². The van der Waals surface area contributed by atoms with Gasteiger partial charge in [0.15, 0.2) is 0 Å². The molecule has 1 unspecified atom stereocenters. The number of pyridine rings is 1. The Bertz CT molecular complexity index is 444. The van der Waals surface area contributed by atoms with Crippen molar-refractivity contribution in [3.05, 3.63) is 22.8 Å². The first-order chi connectivity index (χ1) is 8.26. The quantitative estimate of drug-likeness (QED) is 0.809. The highest BCUT2D eigenvalue weighted by molar-refractivity contribution is 6.34. The minimum Gasteiger partial charge on any atom is -0.380 e. The van der Waals surface area contributed by atoms with E-state index in [1.54, 1.807) is 19.4 Å². The molecule has 0 bridgehead atoms. The number of hydrogen-bond acceptors (Lipinski definition) is 4. The van der Waals surface area contributed by atoms with Gasteiger partial charge in [0, 0.05) is 26.4 Å². The van der Waals surface area contributed by atoms with Gasteiger partial charge in [-0.1, -0.05) is 11.6 Å². The molecule has 1 atom stereocenters. The number of methoxy groups -OCH3 is 1. The first kappa shape index (κ1) is 12.2. The number of nitriles is 1. The maximum Gasteiger partial charge on any atom is 0.148 e. The maximum absolute atomic E-state index is 8.93. The van der Waals surface area contributed by atoms with Crippen molar-refractivity contribution in [3.8, 4) is 6.07 Å². The molecule has 0 spiro atoms. The number of ether oxygens (including phenoxy) is 1. The molecule has 1 aliphatic heterocycles. The highest BCUT2D eigenvalue weighted by atomic mass is 35.5. The zero-order chi connectivity index (χ0) is 12.3. The van der Waals surface area contributed by atoms with E-state index in [9.17, 15) is 0 Å². The molecule has 17 heavy (non-hydrogen) atoms. The summed E-state index contributed by atoms with van der Waals surface area (Å²) in [5, 5.41) is 9.37. The van der Waals surface area contributed by atoms with Crippen molar-refractivity contribution >= 4 is 17.4 Å². The highest BCUT2D eigenvalue weighted by Gasteiger charge is 2.22. The van der Waals surface area contributed by atoms with Crippen LogP contribution in [-0.4, -0.2) is 31.3 Å². The third kappa shape index (κ3) is 2.51. The lowest BCUT2D eigenvalue weighted by Crippen LogP contribution is -2.39. The average Bonchev–Trinajstić information content (AvgIpc) is 2.39. The minimum absolute atomic E-state index is 0.215. The van der Waals surface area contributed by atoms with Crippen molar-refractivity contribution < 1.29 is 4.74 Å². The van der Waals surface area contributed by atoms with Crippen LogP contribution < -0.4 is 4.90 Å². The predicted molar refractivity (Wildman–Crippen MR) is 66.2 cm³/mol. The lowest BCUT2D eigenvalue weighted by atomic mass is 10.1. The molecule has 0 aromatic carbocycles. The summed E-state index contributed by atoms with van der Waals surface area (Å²) in [5.41, 5.74) is 0.469. The van der Waals surface area contributed by atoms with E-state index in [0.717, 1.165) is 25.9 Å². The molecule has 1 aromatic rings. The Morgan fingerprint density at radius 3 is 3.18 bits per heavy atom. The number of nitrogens with zero attached hydrogens (tertiary/aromatic N) is 3. The summed E-state index contributed by atoms with van der Waals surface area (Å²) in [4.78, 5) is 6.35. The number of aromatic nitrogens is 1. The summed E-state index contributed by atoms with van der Waals surface area (Å²) in [5.74, 6) is 0.687. The lowest BCUT2D eigenvalue weighted by molar-refractivity contribution is 0.0891. The Morgan fingerprint density at radius 2 is 2.47 bits per heavy atom. The fourth-order valence-corrected chi connectivity index (χ4v) is 2.34. The Hall–Kier alpha value is -1.31. The topological polar surface area (TPSA) is 49.1 Å². The summed E-state index contributed by atoms with van der Waals surface area (Å²) >= 11 is 6.17. The Morgan fingerprint density at radius 1 is 1.65 bits per heavy atom. The molecule has 5 heteroatoms. The van der Waals surface area contributed by atoms with Crippen molar-refractivity contribution in [1.82, 2.24) is 4.98 Å². The fourth-order valence-electron chi connectivity index (χ4n) is 2.06. The summed E-state index contributed by atoms with van der Waals surface area (Å²) in [6.07, 6.45) is 3.94. The van der Waals surface area contributed by atoms with Crippen molar-refractivity contribution in [2.75, 3.05) is 25.1 Å². The van der Waals surface area contributed by atoms with E-state index < -0.39 is 0 Å². The minimum atomic E-state index is 0.215. The molecule has 4 nitrogen and oxygen atoms in total. The van der Waals surface area contributed by atoms with Crippen LogP contribution >= 0.6 is 11.6 Å². The number of hydrogen-bond donors (Lipinski definition) is 0. The van der Waals surface area contributed by atoms with Crippen LogP contribution in [0.2, 0.25) is 5.02 Å². The van der Waals surface area contributed by atoms with E-state index in [2.05, 4.69) is 16.0 Å². The molecule has 0 amide bonds. The van der Waals surface area contributed by atoms with E-state index in [1.165, 1.54) is 0 Å². The molecule has 2 rings (SSSR count). The van der Waals surface area contributed by atoms with Crippen molar-refractivity contribution in [2.45, 2.75) is 18.9 Å². The van der Waals surface area contributed by atoms with Gasteiger partial charge in [-0.3, -0.25) is 0 Å². The van der Waals surface area contributed by atoms with Gasteiger partial charge in [-0.2, -0.15) is 5.26 Å². The monoisotopic (exact) mass is 251 g/mol. The number of anilines is 1. The van der Waals surface area contributed by atoms with Gasteiger partial charge in [0.25, 0.3) is 0 Å². The normalized spacial score (nSPS) is 20.1. The maximum atomic E-state index is 8.93. The van der Waals surface area contributed by atoms with Crippen LogP contribution in [0.4, 0.5) is 5.82 Å². The van der Waals surface area contributed by atoms with Gasteiger partial charge in [-0.25, -0.2) is 4.98 Å². The van der Waals surface area contributed by atoms with E-state index in [0.29, 0.717) is 16.4 Å². The molecular formula is C12H14ClN3O. The first-order valence-corrected chi connectivity index (χ1v) is 5.96. The van der Waals surface area contributed by atoms with Crippen LogP contribution in [0.15, 0.2) is 12.3 Å². The average molecular weight is 252 g/mol. The largest absolute Gasteiger partial charge is 0.380 e. The molecule has 2 heterocycles. The van der Waals surface area contributed by atoms with Crippen LogP contribution in [0, 0.1) is 11.3 Å². The van der Waals surface area contributed by atoms with Crippen LogP contribution in [0.25, 0.3) is 0 Å².